The van der Waals surface area contributed by atoms with Crippen LogP contribution in [0.4, 0.5) is 0 Å². The Morgan fingerprint density at radius 2 is 1.92 bits per heavy atom. The van der Waals surface area contributed by atoms with Crippen molar-refractivity contribution in [2.24, 2.45) is 5.92 Å². The summed E-state index contributed by atoms with van der Waals surface area (Å²) < 4.78 is 11.0. The van der Waals surface area contributed by atoms with Crippen LogP contribution in [-0.2, 0) is 20.8 Å². The van der Waals surface area contributed by atoms with Crippen molar-refractivity contribution in [3.05, 3.63) is 39.7 Å². The summed E-state index contributed by atoms with van der Waals surface area (Å²) in [6, 6.07) is 4.92. The van der Waals surface area contributed by atoms with E-state index in [2.05, 4.69) is 10.6 Å². The van der Waals surface area contributed by atoms with Gasteiger partial charge in [0.2, 0.25) is 11.8 Å². The Kier molecular flexibility index (Phi) is 8.16. The lowest BCUT2D eigenvalue weighted by Gasteiger charge is -2.47. The van der Waals surface area contributed by atoms with E-state index in [1.807, 2.05) is 13.8 Å². The summed E-state index contributed by atoms with van der Waals surface area (Å²) in [5.41, 5.74) is 0.851. The average molecular weight is 514 g/mol. The number of benzene rings is 1. The number of carbonyl (C=O) groups is 3. The second kappa shape index (κ2) is 11.3. The highest BCUT2D eigenvalue weighted by Gasteiger charge is 2.43. The van der Waals surface area contributed by atoms with E-state index in [0.717, 1.165) is 36.8 Å². The van der Waals surface area contributed by atoms with Crippen LogP contribution >= 0.6 is 0 Å². The van der Waals surface area contributed by atoms with Gasteiger partial charge in [-0.1, -0.05) is 19.8 Å². The van der Waals surface area contributed by atoms with Gasteiger partial charge >= 0.3 is 5.63 Å². The number of fused-ring (bicyclic) bond motifs is 2. The third kappa shape index (κ3) is 6.30. The molecule has 0 bridgehead atoms. The highest BCUT2D eigenvalue weighted by Crippen LogP contribution is 2.39. The van der Waals surface area contributed by atoms with Crippen LogP contribution in [-0.4, -0.2) is 66.1 Å². The number of nitrogens with one attached hydrogen (secondary N) is 2. The number of rotatable bonds is 8. The van der Waals surface area contributed by atoms with Gasteiger partial charge in [0.05, 0.1) is 24.1 Å². The number of hydrogen-bond donors (Lipinski definition) is 3. The van der Waals surface area contributed by atoms with Crippen LogP contribution in [0.25, 0.3) is 11.0 Å². The Morgan fingerprint density at radius 1 is 1.14 bits per heavy atom. The van der Waals surface area contributed by atoms with Gasteiger partial charge in [-0.25, -0.2) is 4.79 Å². The zero-order valence-electron chi connectivity index (χ0n) is 21.4. The monoisotopic (exact) mass is 513 g/mol. The summed E-state index contributed by atoms with van der Waals surface area (Å²) in [6.07, 6.45) is 4.93. The lowest BCUT2D eigenvalue weighted by Crippen LogP contribution is -2.56. The molecule has 0 radical (unpaired) electrons. The molecule has 2 fully saturated rings. The van der Waals surface area contributed by atoms with Crippen molar-refractivity contribution in [1.82, 2.24) is 15.5 Å². The number of aryl methyl sites for hydroxylation is 2. The number of ether oxygens (including phenoxy) is 1. The van der Waals surface area contributed by atoms with Gasteiger partial charge in [-0.05, 0) is 55.9 Å². The Labute approximate surface area is 215 Å². The Bertz CT molecular complexity index is 1240. The lowest BCUT2D eigenvalue weighted by molar-refractivity contribution is -0.143. The van der Waals surface area contributed by atoms with Crippen molar-refractivity contribution in [1.29, 1.82) is 0 Å². The summed E-state index contributed by atoms with van der Waals surface area (Å²) in [4.78, 5) is 50.6. The van der Waals surface area contributed by atoms with Gasteiger partial charge in [0.1, 0.15) is 11.3 Å². The molecule has 1 aromatic carbocycles. The molecule has 1 aliphatic heterocycles. The molecule has 2 aromatic rings. The van der Waals surface area contributed by atoms with Gasteiger partial charge in [-0.3, -0.25) is 14.4 Å². The maximum atomic E-state index is 12.6. The smallest absolute Gasteiger partial charge is 0.336 e. The van der Waals surface area contributed by atoms with Crippen LogP contribution in [0.15, 0.2) is 27.4 Å². The van der Waals surface area contributed by atoms with Crippen LogP contribution in [0.2, 0.25) is 0 Å². The molecule has 3 N–H and O–H groups in total. The fourth-order valence-electron chi connectivity index (χ4n) is 5.38. The van der Waals surface area contributed by atoms with E-state index in [9.17, 15) is 24.3 Å². The highest BCUT2D eigenvalue weighted by atomic mass is 16.5. The van der Waals surface area contributed by atoms with Crippen molar-refractivity contribution in [3.8, 4) is 5.75 Å². The third-order valence-electron chi connectivity index (χ3n) is 7.44. The van der Waals surface area contributed by atoms with E-state index >= 15 is 0 Å². The van der Waals surface area contributed by atoms with Gasteiger partial charge < -0.3 is 29.8 Å². The molecule has 1 aliphatic carbocycles. The van der Waals surface area contributed by atoms with Gasteiger partial charge in [-0.2, -0.15) is 0 Å². The quantitative estimate of drug-likeness (QED) is 0.454. The second-order valence-electron chi connectivity index (χ2n) is 10.1. The summed E-state index contributed by atoms with van der Waals surface area (Å²) >= 11 is 0. The van der Waals surface area contributed by atoms with Gasteiger partial charge in [0.25, 0.3) is 5.91 Å². The minimum Gasteiger partial charge on any atom is -0.483 e. The zero-order valence-corrected chi connectivity index (χ0v) is 21.4. The summed E-state index contributed by atoms with van der Waals surface area (Å²) in [7, 11) is 0. The van der Waals surface area contributed by atoms with Crippen molar-refractivity contribution in [3.63, 3.8) is 0 Å². The van der Waals surface area contributed by atoms with Crippen molar-refractivity contribution in [2.45, 2.75) is 58.0 Å². The number of carbonyl (C=O) groups excluding carboxylic acids is 3. The van der Waals surface area contributed by atoms with Crippen molar-refractivity contribution in [2.75, 3.05) is 32.8 Å². The summed E-state index contributed by atoms with van der Waals surface area (Å²) in [6.45, 7) is 3.96. The number of hydrogen-bond acceptors (Lipinski definition) is 7. The lowest BCUT2D eigenvalue weighted by atomic mass is 9.71. The largest absolute Gasteiger partial charge is 0.483 e. The molecule has 1 aromatic heterocycles. The Hall–Kier alpha value is -3.40. The van der Waals surface area contributed by atoms with Crippen LogP contribution in [0.5, 0.6) is 5.75 Å². The van der Waals surface area contributed by atoms with Crippen molar-refractivity contribution >= 4 is 28.7 Å². The van der Waals surface area contributed by atoms with Gasteiger partial charge in [0, 0.05) is 25.1 Å². The first-order valence-electron chi connectivity index (χ1n) is 12.9. The SMILES string of the molecule is CCc1cc(=O)oc2cc(C)cc(OCC(=O)NCC(=O)NCC(=O)N3CCC4(O)CCCCC4C3)c12. The topological polar surface area (TPSA) is 138 Å². The van der Waals surface area contributed by atoms with Gasteiger partial charge in [-0.15, -0.1) is 0 Å². The van der Waals surface area contributed by atoms with E-state index in [4.69, 9.17) is 9.15 Å². The molecule has 2 heterocycles. The number of piperidine rings is 1. The van der Waals surface area contributed by atoms with Crippen molar-refractivity contribution < 1.29 is 28.6 Å². The molecule has 2 unspecified atom stereocenters. The molecule has 2 atom stereocenters. The first-order valence-corrected chi connectivity index (χ1v) is 12.9. The van der Waals surface area contributed by atoms with Crippen LogP contribution in [0.1, 0.15) is 50.2 Å². The Balaban J connectivity index is 1.23. The fraction of sp³-hybridized carbons (Fsp3) is 0.556. The molecule has 10 heteroatoms. The molecule has 0 spiro atoms. The fourth-order valence-corrected chi connectivity index (χ4v) is 5.38. The molecule has 200 valence electrons. The highest BCUT2D eigenvalue weighted by molar-refractivity contribution is 5.90. The average Bonchev–Trinajstić information content (AvgIpc) is 2.87. The zero-order chi connectivity index (χ0) is 26.6. The van der Waals surface area contributed by atoms with Gasteiger partial charge in [0.15, 0.2) is 6.61 Å². The van der Waals surface area contributed by atoms with E-state index in [1.54, 1.807) is 17.0 Å². The minimum absolute atomic E-state index is 0.0869. The molecule has 2 aliphatic rings. The van der Waals surface area contributed by atoms with Crippen LogP contribution in [0, 0.1) is 12.8 Å². The molecule has 3 amide bonds. The number of amides is 3. The van der Waals surface area contributed by atoms with E-state index < -0.39 is 23.0 Å². The third-order valence-corrected chi connectivity index (χ3v) is 7.44. The van der Waals surface area contributed by atoms with Crippen LogP contribution < -0.4 is 21.0 Å². The first kappa shape index (κ1) is 26.7. The molecule has 10 nitrogen and oxygen atoms in total. The maximum Gasteiger partial charge on any atom is 0.336 e. The predicted molar refractivity (Wildman–Crippen MR) is 136 cm³/mol. The minimum atomic E-state index is -0.665. The number of likely N-dealkylation sites (tertiary alicyclic amines) is 1. The number of nitrogens with zero attached hydrogens (tertiary/aromatic N) is 1. The van der Waals surface area contributed by atoms with Crippen LogP contribution in [0.3, 0.4) is 0 Å². The molecule has 4 rings (SSSR count). The first-order chi connectivity index (χ1) is 17.7. The van der Waals surface area contributed by atoms with E-state index in [0.29, 0.717) is 42.6 Å². The Morgan fingerprint density at radius 3 is 2.70 bits per heavy atom. The molecule has 1 saturated heterocycles. The van der Waals surface area contributed by atoms with E-state index in [-0.39, 0.29) is 31.5 Å². The normalized spacial score (nSPS) is 21.3. The maximum absolute atomic E-state index is 12.6. The molecule has 1 saturated carbocycles. The molecular formula is C27H35N3O7. The predicted octanol–water partition coefficient (Wildman–Crippen LogP) is 1.43. The molecule has 37 heavy (non-hydrogen) atoms. The molecular weight excluding hydrogens is 478 g/mol. The second-order valence-corrected chi connectivity index (χ2v) is 10.1. The number of aliphatic hydroxyl groups is 1. The standard InChI is InChI=1S/C27H35N3O7/c1-3-18-12-25(34)37-21-11-17(2)10-20(26(18)21)36-16-23(32)28-13-22(31)29-14-24(33)30-9-8-27(35)7-5-4-6-19(27)15-30/h10-12,19,35H,3-9,13-16H2,1-2H3,(H,28,32)(H,29,31). The summed E-state index contributed by atoms with van der Waals surface area (Å²) in [5, 5.41) is 16.5. The van der Waals surface area contributed by atoms with E-state index in [1.165, 1.54) is 6.07 Å². The summed E-state index contributed by atoms with van der Waals surface area (Å²) in [5.74, 6) is -0.667.